The summed E-state index contributed by atoms with van der Waals surface area (Å²) in [5, 5.41) is 12.7. The molecule has 1 aliphatic heterocycles. The minimum Gasteiger partial charge on any atom is -0.444 e. The van der Waals surface area contributed by atoms with Crippen LogP contribution < -0.4 is 21.3 Å². The average molecular weight is 576 g/mol. The number of halogens is 1. The van der Waals surface area contributed by atoms with Gasteiger partial charge in [-0.3, -0.25) is 14.6 Å². The van der Waals surface area contributed by atoms with Crippen molar-refractivity contribution in [1.82, 2.24) is 10.6 Å². The number of carbonyl (C=O) groups is 3. The first-order valence-corrected chi connectivity index (χ1v) is 13.8. The number of carbonyl (C=O) groups excluding carboxylic acids is 3. The maximum atomic E-state index is 14.7. The molecule has 0 saturated heterocycles. The molecular formula is C28H38FN5O5S. The topological polar surface area (TPSA) is 146 Å². The number of aliphatic imine (C=N–C) groups is 1. The molecule has 2 amide bonds. The molecule has 0 aliphatic carbocycles. The summed E-state index contributed by atoms with van der Waals surface area (Å²) >= 11 is 1.31. The second-order valence-electron chi connectivity index (χ2n) is 9.84. The fourth-order valence-electron chi connectivity index (χ4n) is 3.91. The molecule has 1 heterocycles. The second kappa shape index (κ2) is 15.3. The van der Waals surface area contributed by atoms with Gasteiger partial charge in [-0.25, -0.2) is 9.18 Å². The van der Waals surface area contributed by atoms with E-state index in [0.29, 0.717) is 16.8 Å². The van der Waals surface area contributed by atoms with Gasteiger partial charge in [0.1, 0.15) is 23.5 Å². The number of anilines is 1. The fourth-order valence-corrected chi connectivity index (χ4v) is 4.81. The zero-order valence-corrected chi connectivity index (χ0v) is 24.3. The summed E-state index contributed by atoms with van der Waals surface area (Å²) in [4.78, 5) is 44.2. The molecule has 2 atom stereocenters. The predicted molar refractivity (Wildman–Crippen MR) is 156 cm³/mol. The van der Waals surface area contributed by atoms with Crippen LogP contribution >= 0.6 is 11.8 Å². The molecule has 1 aliphatic rings. The van der Waals surface area contributed by atoms with Crippen LogP contribution in [0.1, 0.15) is 38.8 Å². The number of fused-ring (bicyclic) bond motifs is 1. The van der Waals surface area contributed by atoms with Crippen molar-refractivity contribution < 1.29 is 28.6 Å². The standard InChI is InChI=1S/C27H33FN4O4S.CH5NO/c1-17(33)30-16-37-15-21(31-26(35)36-27(2,3)4)25(34)23-14-29-24(18-10-6-8-12-20(18)28)19-11-7-9-13-22(19)32(23)5;2-1-3/h6-13,21,23H,14-16H2,1-5H3,(H,30,33)(H,31,35);3H,1-2H2/t21-,23?;/m1./s1. The number of amides is 2. The first-order valence-electron chi connectivity index (χ1n) is 12.7. The molecule has 0 radical (unpaired) electrons. The minimum atomic E-state index is -0.904. The Balaban J connectivity index is 0.00000178. The van der Waals surface area contributed by atoms with Crippen molar-refractivity contribution in [1.29, 1.82) is 0 Å². The summed E-state index contributed by atoms with van der Waals surface area (Å²) in [6, 6.07) is 12.2. The van der Waals surface area contributed by atoms with Crippen LogP contribution in [0.5, 0.6) is 0 Å². The van der Waals surface area contributed by atoms with Crippen molar-refractivity contribution in [2.45, 2.75) is 45.4 Å². The molecule has 10 nitrogen and oxygen atoms in total. The Kier molecular flexibility index (Phi) is 12.6. The lowest BCUT2D eigenvalue weighted by atomic mass is 9.99. The van der Waals surface area contributed by atoms with E-state index in [4.69, 9.17) is 14.8 Å². The van der Waals surface area contributed by atoms with Crippen molar-refractivity contribution in [3.05, 3.63) is 65.5 Å². The van der Waals surface area contributed by atoms with Crippen LogP contribution in [-0.4, -0.2) is 78.2 Å². The highest BCUT2D eigenvalue weighted by molar-refractivity contribution is 7.99. The van der Waals surface area contributed by atoms with Gasteiger partial charge < -0.3 is 31.1 Å². The minimum absolute atomic E-state index is 0.0660. The van der Waals surface area contributed by atoms with Crippen molar-refractivity contribution in [3.8, 4) is 0 Å². The van der Waals surface area contributed by atoms with E-state index in [1.165, 1.54) is 24.8 Å². The summed E-state index contributed by atoms with van der Waals surface area (Å²) in [6.45, 7) is 6.44. The van der Waals surface area contributed by atoms with Gasteiger partial charge >= 0.3 is 6.09 Å². The molecule has 5 N–H and O–H groups in total. The summed E-state index contributed by atoms with van der Waals surface area (Å²) in [5.74, 6) is -0.354. The van der Waals surface area contributed by atoms with Gasteiger partial charge in [-0.1, -0.05) is 30.3 Å². The van der Waals surface area contributed by atoms with Gasteiger partial charge in [0.25, 0.3) is 0 Å². The maximum Gasteiger partial charge on any atom is 0.408 e. The molecule has 0 aromatic heterocycles. The highest BCUT2D eigenvalue weighted by Crippen LogP contribution is 2.29. The van der Waals surface area contributed by atoms with E-state index >= 15 is 0 Å². The molecule has 0 fully saturated rings. The fraction of sp³-hybridized carbons (Fsp3) is 0.429. The van der Waals surface area contributed by atoms with Gasteiger partial charge in [-0.15, -0.1) is 11.8 Å². The Labute approximate surface area is 238 Å². The molecule has 0 bridgehead atoms. The molecule has 2 aromatic rings. The number of alkyl carbamates (subject to hydrolysis) is 1. The number of benzodiazepines with no additional fused rings is 1. The number of hydrogen-bond donors (Lipinski definition) is 4. The van der Waals surface area contributed by atoms with Crippen LogP contribution in [0.15, 0.2) is 53.5 Å². The number of nitrogens with two attached hydrogens (primary N) is 1. The monoisotopic (exact) mass is 575 g/mol. The molecule has 40 heavy (non-hydrogen) atoms. The molecule has 3 rings (SSSR count). The summed E-state index contributed by atoms with van der Waals surface area (Å²) in [5.41, 5.74) is 5.92. The number of ether oxygens (including phenoxy) is 1. The normalized spacial score (nSPS) is 15.3. The average Bonchev–Trinajstić information content (AvgIpc) is 3.02. The van der Waals surface area contributed by atoms with E-state index in [0.717, 1.165) is 5.69 Å². The van der Waals surface area contributed by atoms with Gasteiger partial charge in [0.05, 0.1) is 24.9 Å². The third-order valence-electron chi connectivity index (χ3n) is 5.63. The third kappa shape index (κ3) is 9.61. The van der Waals surface area contributed by atoms with E-state index < -0.39 is 29.6 Å². The van der Waals surface area contributed by atoms with E-state index in [2.05, 4.69) is 16.4 Å². The van der Waals surface area contributed by atoms with Gasteiger partial charge in [0.15, 0.2) is 5.78 Å². The first-order chi connectivity index (χ1) is 18.9. The number of thioether (sulfide) groups is 1. The summed E-state index contributed by atoms with van der Waals surface area (Å²) < 4.78 is 20.1. The molecule has 1 unspecified atom stereocenters. The largest absolute Gasteiger partial charge is 0.444 e. The first kappa shape index (κ1) is 32.7. The molecule has 0 spiro atoms. The second-order valence-corrected chi connectivity index (χ2v) is 10.9. The number of aliphatic hydroxyl groups is 1. The van der Waals surface area contributed by atoms with Crippen LogP contribution in [-0.2, 0) is 14.3 Å². The number of ketones is 1. The summed E-state index contributed by atoms with van der Waals surface area (Å²) in [6.07, 6.45) is -0.710. The molecule has 218 valence electrons. The van der Waals surface area contributed by atoms with Crippen LogP contribution in [0.25, 0.3) is 0 Å². The van der Waals surface area contributed by atoms with Crippen LogP contribution in [0.4, 0.5) is 14.9 Å². The third-order valence-corrected chi connectivity index (χ3v) is 6.55. The van der Waals surface area contributed by atoms with Crippen molar-refractivity contribution in [2.24, 2.45) is 10.7 Å². The number of nitrogens with one attached hydrogen (secondary N) is 2. The Bertz CT molecular complexity index is 1200. The number of nitrogens with zero attached hydrogens (tertiary/aromatic N) is 2. The quantitative estimate of drug-likeness (QED) is 0.278. The highest BCUT2D eigenvalue weighted by atomic mass is 32.2. The number of rotatable bonds is 8. The van der Waals surface area contributed by atoms with Gasteiger partial charge in [-0.05, 0) is 39.0 Å². The zero-order valence-electron chi connectivity index (χ0n) is 23.4. The number of hydrogen-bond acceptors (Lipinski definition) is 9. The smallest absolute Gasteiger partial charge is 0.408 e. The van der Waals surface area contributed by atoms with E-state index in [9.17, 15) is 18.8 Å². The number of para-hydroxylation sites is 1. The Morgan fingerprint density at radius 2 is 1.77 bits per heavy atom. The Morgan fingerprint density at radius 3 is 2.38 bits per heavy atom. The van der Waals surface area contributed by atoms with E-state index in [1.54, 1.807) is 46.0 Å². The van der Waals surface area contributed by atoms with Crippen LogP contribution in [0.3, 0.4) is 0 Å². The van der Waals surface area contributed by atoms with Crippen molar-refractivity contribution in [2.75, 3.05) is 36.9 Å². The number of likely N-dealkylation sites (N-methyl/N-ethyl adjacent to an activating group) is 1. The SMILES string of the molecule is CC(=O)NCSC[C@@H](NC(=O)OC(C)(C)C)C(=O)C1CN=C(c2ccccc2F)c2ccccc2N1C.NCO. The molecule has 0 saturated carbocycles. The van der Waals surface area contributed by atoms with Crippen molar-refractivity contribution >= 4 is 40.9 Å². The van der Waals surface area contributed by atoms with Gasteiger partial charge in [0.2, 0.25) is 5.91 Å². The lowest BCUT2D eigenvalue weighted by Gasteiger charge is -2.31. The summed E-state index contributed by atoms with van der Waals surface area (Å²) in [7, 11) is 1.79. The zero-order chi connectivity index (χ0) is 29.9. The Hall–Kier alpha value is -3.48. The molecule has 2 aromatic carbocycles. The lowest BCUT2D eigenvalue weighted by Crippen LogP contribution is -2.53. The molecular weight excluding hydrogens is 537 g/mol. The highest BCUT2D eigenvalue weighted by Gasteiger charge is 2.35. The maximum absolute atomic E-state index is 14.7. The molecule has 12 heteroatoms. The van der Waals surface area contributed by atoms with Gasteiger partial charge in [0, 0.05) is 36.5 Å². The number of aliphatic hydroxyl groups excluding tert-OH is 1. The van der Waals surface area contributed by atoms with Crippen molar-refractivity contribution in [3.63, 3.8) is 0 Å². The van der Waals surface area contributed by atoms with Crippen LogP contribution in [0, 0.1) is 5.82 Å². The van der Waals surface area contributed by atoms with E-state index in [1.807, 2.05) is 29.2 Å². The number of Topliss-reactive ketones (excluding diaryl/α,β-unsaturated/α-hetero) is 1. The van der Waals surface area contributed by atoms with E-state index in [-0.39, 0.29) is 36.6 Å². The lowest BCUT2D eigenvalue weighted by molar-refractivity contribution is -0.121. The van der Waals surface area contributed by atoms with Gasteiger partial charge in [-0.2, -0.15) is 0 Å². The van der Waals surface area contributed by atoms with Crippen LogP contribution in [0.2, 0.25) is 0 Å². The number of benzene rings is 2. The predicted octanol–water partition coefficient (Wildman–Crippen LogP) is 2.67. The Morgan fingerprint density at radius 1 is 1.18 bits per heavy atom.